The van der Waals surface area contributed by atoms with E-state index < -0.39 is 0 Å². The molecule has 0 aliphatic rings. The average molecular weight is 203 g/mol. The predicted octanol–water partition coefficient (Wildman–Crippen LogP) is 1.84. The van der Waals surface area contributed by atoms with Gasteiger partial charge in [0.1, 0.15) is 5.75 Å². The van der Waals surface area contributed by atoms with Crippen LogP contribution in [0.4, 0.5) is 5.69 Å². The molecule has 0 unspecified atom stereocenters. The highest BCUT2D eigenvalue weighted by Gasteiger charge is 2.04. The van der Waals surface area contributed by atoms with Gasteiger partial charge in [-0.1, -0.05) is 0 Å². The molecule has 3 N–H and O–H groups in total. The van der Waals surface area contributed by atoms with Gasteiger partial charge in [-0.3, -0.25) is 10.8 Å². The standard InChI is InChI=1S/C11H13N3O/c1-7-5-11(14-12)9-6-8(15-2)3-4-10(9)13-7/h3-6H,12H2,1-2H3,(H,13,14). The van der Waals surface area contributed by atoms with Crippen molar-refractivity contribution in [1.29, 1.82) is 0 Å². The number of aromatic nitrogens is 1. The number of nitrogens with zero attached hydrogens (tertiary/aromatic N) is 1. The minimum atomic E-state index is 0.796. The van der Waals surface area contributed by atoms with Gasteiger partial charge in [0.05, 0.1) is 18.3 Å². The summed E-state index contributed by atoms with van der Waals surface area (Å²) in [5.74, 6) is 6.25. The van der Waals surface area contributed by atoms with Crippen molar-refractivity contribution in [3.63, 3.8) is 0 Å². The number of hydrogen-bond donors (Lipinski definition) is 2. The number of rotatable bonds is 2. The molecule has 0 saturated heterocycles. The van der Waals surface area contributed by atoms with Gasteiger partial charge in [-0.15, -0.1) is 0 Å². The third kappa shape index (κ3) is 1.71. The SMILES string of the molecule is COc1ccc2nc(C)cc(NN)c2c1. The first-order valence-corrected chi connectivity index (χ1v) is 4.66. The Morgan fingerprint density at radius 2 is 2.13 bits per heavy atom. The fourth-order valence-corrected chi connectivity index (χ4v) is 1.58. The molecule has 4 nitrogen and oxygen atoms in total. The van der Waals surface area contributed by atoms with Gasteiger partial charge in [0.15, 0.2) is 0 Å². The highest BCUT2D eigenvalue weighted by atomic mass is 16.5. The van der Waals surface area contributed by atoms with E-state index >= 15 is 0 Å². The third-order valence-electron chi connectivity index (χ3n) is 2.30. The predicted molar refractivity (Wildman–Crippen MR) is 60.8 cm³/mol. The van der Waals surface area contributed by atoms with E-state index in [9.17, 15) is 0 Å². The number of hydrogen-bond acceptors (Lipinski definition) is 4. The number of nitrogens with one attached hydrogen (secondary N) is 1. The van der Waals surface area contributed by atoms with E-state index in [0.717, 1.165) is 28.0 Å². The number of ether oxygens (including phenoxy) is 1. The fourth-order valence-electron chi connectivity index (χ4n) is 1.58. The van der Waals surface area contributed by atoms with E-state index in [0.29, 0.717) is 0 Å². The van der Waals surface area contributed by atoms with Crippen LogP contribution in [0.5, 0.6) is 5.75 Å². The van der Waals surface area contributed by atoms with Gasteiger partial charge >= 0.3 is 0 Å². The lowest BCUT2D eigenvalue weighted by Gasteiger charge is -2.08. The molecule has 0 spiro atoms. The molecule has 0 saturated carbocycles. The molecule has 2 rings (SSSR count). The number of aryl methyl sites for hydroxylation is 1. The van der Waals surface area contributed by atoms with E-state index in [1.807, 2.05) is 31.2 Å². The molecule has 2 aromatic rings. The Morgan fingerprint density at radius 3 is 2.80 bits per heavy atom. The molecular weight excluding hydrogens is 190 g/mol. The van der Waals surface area contributed by atoms with Crippen LogP contribution in [0, 0.1) is 6.92 Å². The van der Waals surface area contributed by atoms with Crippen molar-refractivity contribution < 1.29 is 4.74 Å². The zero-order valence-electron chi connectivity index (χ0n) is 8.74. The van der Waals surface area contributed by atoms with Crippen LogP contribution in [0.15, 0.2) is 24.3 Å². The van der Waals surface area contributed by atoms with Gasteiger partial charge in [0.2, 0.25) is 0 Å². The largest absolute Gasteiger partial charge is 0.497 e. The van der Waals surface area contributed by atoms with Crippen molar-refractivity contribution in [1.82, 2.24) is 4.98 Å². The van der Waals surface area contributed by atoms with Crippen molar-refractivity contribution in [3.05, 3.63) is 30.0 Å². The summed E-state index contributed by atoms with van der Waals surface area (Å²) in [5.41, 5.74) is 5.36. The summed E-state index contributed by atoms with van der Waals surface area (Å²) in [4.78, 5) is 4.41. The Labute approximate surface area is 88.0 Å². The van der Waals surface area contributed by atoms with E-state index in [-0.39, 0.29) is 0 Å². The summed E-state index contributed by atoms with van der Waals surface area (Å²) in [7, 11) is 1.64. The maximum atomic E-state index is 5.46. The van der Waals surface area contributed by atoms with Crippen molar-refractivity contribution in [2.45, 2.75) is 6.92 Å². The zero-order chi connectivity index (χ0) is 10.8. The second-order valence-electron chi connectivity index (χ2n) is 3.34. The molecule has 15 heavy (non-hydrogen) atoms. The maximum Gasteiger partial charge on any atom is 0.119 e. The van der Waals surface area contributed by atoms with E-state index in [1.54, 1.807) is 7.11 Å². The first-order chi connectivity index (χ1) is 7.24. The first-order valence-electron chi connectivity index (χ1n) is 4.66. The summed E-state index contributed by atoms with van der Waals surface area (Å²) in [5, 5.41) is 0.961. The van der Waals surface area contributed by atoms with Crippen LogP contribution in [-0.4, -0.2) is 12.1 Å². The lowest BCUT2D eigenvalue weighted by molar-refractivity contribution is 0.415. The molecule has 1 aromatic heterocycles. The number of pyridine rings is 1. The third-order valence-corrected chi connectivity index (χ3v) is 2.30. The first kappa shape index (κ1) is 9.73. The molecule has 4 heteroatoms. The van der Waals surface area contributed by atoms with Crippen molar-refractivity contribution in [2.24, 2.45) is 5.84 Å². The molecule has 0 radical (unpaired) electrons. The Hall–Kier alpha value is -1.81. The number of anilines is 1. The monoisotopic (exact) mass is 203 g/mol. The summed E-state index contributed by atoms with van der Waals surface area (Å²) >= 11 is 0. The summed E-state index contributed by atoms with van der Waals surface area (Å²) < 4.78 is 5.16. The number of nitrogens with two attached hydrogens (primary N) is 1. The fraction of sp³-hybridized carbons (Fsp3) is 0.182. The Balaban J connectivity index is 2.73. The molecule has 0 fully saturated rings. The van der Waals surface area contributed by atoms with Gasteiger partial charge in [-0.2, -0.15) is 0 Å². The number of hydrazine groups is 1. The molecule has 0 aliphatic carbocycles. The van der Waals surface area contributed by atoms with E-state index in [2.05, 4.69) is 10.4 Å². The smallest absolute Gasteiger partial charge is 0.119 e. The average Bonchev–Trinajstić information content (AvgIpc) is 2.27. The van der Waals surface area contributed by atoms with Gasteiger partial charge < -0.3 is 10.2 Å². The lowest BCUT2D eigenvalue weighted by atomic mass is 10.1. The summed E-state index contributed by atoms with van der Waals surface area (Å²) in [6.07, 6.45) is 0. The number of fused-ring (bicyclic) bond motifs is 1. The van der Waals surface area contributed by atoms with E-state index in [4.69, 9.17) is 10.6 Å². The zero-order valence-corrected chi connectivity index (χ0v) is 8.74. The van der Waals surface area contributed by atoms with Crippen LogP contribution in [0.2, 0.25) is 0 Å². The normalized spacial score (nSPS) is 10.3. The van der Waals surface area contributed by atoms with Gasteiger partial charge in [0, 0.05) is 11.1 Å². The number of methoxy groups -OCH3 is 1. The van der Waals surface area contributed by atoms with Crippen LogP contribution in [-0.2, 0) is 0 Å². The quantitative estimate of drug-likeness (QED) is 0.577. The van der Waals surface area contributed by atoms with Crippen molar-refractivity contribution >= 4 is 16.6 Å². The van der Waals surface area contributed by atoms with Crippen LogP contribution < -0.4 is 16.0 Å². The molecule has 0 amide bonds. The molecule has 1 aromatic carbocycles. The minimum Gasteiger partial charge on any atom is -0.497 e. The summed E-state index contributed by atoms with van der Waals surface area (Å²) in [6, 6.07) is 7.62. The minimum absolute atomic E-state index is 0.796. The molecule has 0 atom stereocenters. The molecule has 0 bridgehead atoms. The van der Waals surface area contributed by atoms with Crippen LogP contribution in [0.25, 0.3) is 10.9 Å². The highest BCUT2D eigenvalue weighted by Crippen LogP contribution is 2.26. The van der Waals surface area contributed by atoms with Gasteiger partial charge in [-0.05, 0) is 31.2 Å². The molecule has 78 valence electrons. The lowest BCUT2D eigenvalue weighted by Crippen LogP contribution is -2.07. The van der Waals surface area contributed by atoms with Crippen LogP contribution >= 0.6 is 0 Å². The Kier molecular flexibility index (Phi) is 2.43. The highest BCUT2D eigenvalue weighted by molar-refractivity contribution is 5.92. The summed E-state index contributed by atoms with van der Waals surface area (Å²) in [6.45, 7) is 1.94. The number of benzene rings is 1. The molecule has 1 heterocycles. The Bertz CT molecular complexity index is 496. The topological polar surface area (TPSA) is 60.2 Å². The molecule has 0 aliphatic heterocycles. The Morgan fingerprint density at radius 1 is 1.33 bits per heavy atom. The second kappa shape index (κ2) is 3.74. The molecular formula is C11H13N3O. The van der Waals surface area contributed by atoms with Crippen LogP contribution in [0.3, 0.4) is 0 Å². The van der Waals surface area contributed by atoms with Crippen molar-refractivity contribution in [3.8, 4) is 5.75 Å². The van der Waals surface area contributed by atoms with Gasteiger partial charge in [-0.25, -0.2) is 0 Å². The van der Waals surface area contributed by atoms with Gasteiger partial charge in [0.25, 0.3) is 0 Å². The maximum absolute atomic E-state index is 5.46. The van der Waals surface area contributed by atoms with Crippen LogP contribution in [0.1, 0.15) is 5.69 Å². The van der Waals surface area contributed by atoms with Crippen molar-refractivity contribution in [2.75, 3.05) is 12.5 Å². The number of nitrogen functional groups attached to an aromatic ring is 1. The van der Waals surface area contributed by atoms with E-state index in [1.165, 1.54) is 0 Å². The second-order valence-corrected chi connectivity index (χ2v) is 3.34.